The number of rotatable bonds is 9. The molecule has 0 radical (unpaired) electrons. The Morgan fingerprint density at radius 3 is 2.71 bits per heavy atom. The van der Waals surface area contributed by atoms with Crippen molar-refractivity contribution in [2.24, 2.45) is 0 Å². The summed E-state index contributed by atoms with van der Waals surface area (Å²) in [6, 6.07) is 22.5. The van der Waals surface area contributed by atoms with Crippen LogP contribution in [0.1, 0.15) is 12.5 Å². The molecule has 0 bridgehead atoms. The monoisotopic (exact) mass is 562 g/mol. The number of aromatic nitrogens is 6. The Bertz CT molecular complexity index is 1880. The first-order valence-corrected chi connectivity index (χ1v) is 15.1. The summed E-state index contributed by atoms with van der Waals surface area (Å²) in [6.45, 7) is 5.07. The Balaban J connectivity index is 1.22. The second-order valence-electron chi connectivity index (χ2n) is 9.62. The molecule has 6 aromatic rings. The first kappa shape index (κ1) is 26.4. The van der Waals surface area contributed by atoms with E-state index >= 15 is 0 Å². The van der Waals surface area contributed by atoms with Crippen molar-refractivity contribution in [1.29, 1.82) is 0 Å². The highest BCUT2D eigenvalue weighted by Gasteiger charge is 2.10. The van der Waals surface area contributed by atoms with Crippen LogP contribution in [0.2, 0.25) is 0 Å². The summed E-state index contributed by atoms with van der Waals surface area (Å²) in [5, 5.41) is 18.2. The summed E-state index contributed by atoms with van der Waals surface area (Å²) in [6.07, 6.45) is 7.08. The highest BCUT2D eigenvalue weighted by Crippen LogP contribution is 2.32. The van der Waals surface area contributed by atoms with Gasteiger partial charge in [0.25, 0.3) is 0 Å². The molecule has 0 amide bonds. The van der Waals surface area contributed by atoms with Gasteiger partial charge in [-0.15, -0.1) is 10.2 Å². The van der Waals surface area contributed by atoms with Gasteiger partial charge in [-0.3, -0.25) is 4.40 Å². The molecule has 0 fully saturated rings. The van der Waals surface area contributed by atoms with Crippen LogP contribution in [0.3, 0.4) is 0 Å². The van der Waals surface area contributed by atoms with E-state index in [0.29, 0.717) is 27.8 Å². The van der Waals surface area contributed by atoms with Crippen molar-refractivity contribution >= 4 is 49.6 Å². The van der Waals surface area contributed by atoms with Crippen LogP contribution in [0, 0.1) is 6.92 Å². The van der Waals surface area contributed by atoms with Gasteiger partial charge in [0.1, 0.15) is 30.5 Å². The quantitative estimate of drug-likeness (QED) is 0.188. The van der Waals surface area contributed by atoms with Crippen molar-refractivity contribution in [2.45, 2.75) is 13.8 Å². The molecule has 2 N–H and O–H groups in total. The summed E-state index contributed by atoms with van der Waals surface area (Å²) < 4.78 is 7.75. The van der Waals surface area contributed by atoms with E-state index in [1.807, 2.05) is 31.2 Å². The van der Waals surface area contributed by atoms with Gasteiger partial charge in [-0.25, -0.2) is 15.0 Å². The fraction of sp³-hybridized carbons (Fsp3) is 0.161. The second kappa shape index (κ2) is 11.7. The third-order valence-corrected chi connectivity index (χ3v) is 8.45. The molecule has 10 heteroatoms. The van der Waals surface area contributed by atoms with E-state index in [0.717, 1.165) is 57.1 Å². The number of hydrogen-bond acceptors (Lipinski definition) is 8. The van der Waals surface area contributed by atoms with E-state index in [1.54, 1.807) is 29.4 Å². The fourth-order valence-corrected chi connectivity index (χ4v) is 5.14. The maximum absolute atomic E-state index is 6.03. The van der Waals surface area contributed by atoms with Crippen LogP contribution in [0.15, 0.2) is 85.7 Å². The Labute approximate surface area is 240 Å². The number of ether oxygens (including phenoxy) is 1. The first-order valence-electron chi connectivity index (χ1n) is 13.3. The molecule has 0 aliphatic rings. The molecule has 3 aromatic carbocycles. The van der Waals surface area contributed by atoms with Crippen molar-refractivity contribution in [3.63, 3.8) is 0 Å². The Morgan fingerprint density at radius 1 is 0.927 bits per heavy atom. The van der Waals surface area contributed by atoms with Crippen molar-refractivity contribution in [2.75, 3.05) is 29.2 Å². The van der Waals surface area contributed by atoms with Gasteiger partial charge >= 0.3 is 0 Å². The van der Waals surface area contributed by atoms with Crippen LogP contribution in [0.5, 0.6) is 11.6 Å². The van der Waals surface area contributed by atoms with Gasteiger partial charge in [-0.05, 0) is 79.3 Å². The SMILES string of the molecule is C/C=S(/C)CCNc1cccc(-c2ccc3ncnc(Nc4ccc(Oc5cc6nncn6cn5)c(C)c4)c3c2)c1. The predicted molar refractivity (Wildman–Crippen MR) is 169 cm³/mol. The minimum atomic E-state index is 0.334. The van der Waals surface area contributed by atoms with Crippen LogP contribution in [-0.2, 0) is 0 Å². The average molecular weight is 563 g/mol. The van der Waals surface area contributed by atoms with Crippen molar-refractivity contribution in [1.82, 2.24) is 29.5 Å². The molecule has 3 heterocycles. The fourth-order valence-electron chi connectivity index (χ4n) is 4.48. The second-order valence-corrected chi connectivity index (χ2v) is 11.9. The van der Waals surface area contributed by atoms with E-state index in [2.05, 4.69) is 90.7 Å². The normalized spacial score (nSPS) is 12.1. The number of hydrogen-bond donors (Lipinski definition) is 2. The number of nitrogens with zero attached hydrogens (tertiary/aromatic N) is 6. The summed E-state index contributed by atoms with van der Waals surface area (Å²) in [5.74, 6) is 3.03. The Morgan fingerprint density at radius 2 is 1.83 bits per heavy atom. The molecule has 9 nitrogen and oxygen atoms in total. The summed E-state index contributed by atoms with van der Waals surface area (Å²) >= 11 is 0. The minimum absolute atomic E-state index is 0.334. The molecule has 0 saturated heterocycles. The van der Waals surface area contributed by atoms with Crippen molar-refractivity contribution in [3.05, 3.63) is 91.3 Å². The summed E-state index contributed by atoms with van der Waals surface area (Å²) in [5.41, 5.74) is 6.75. The van der Waals surface area contributed by atoms with Gasteiger partial charge in [0.2, 0.25) is 5.88 Å². The number of nitrogens with one attached hydrogen (secondary N) is 2. The third kappa shape index (κ3) is 6.02. The minimum Gasteiger partial charge on any atom is -0.439 e. The molecule has 0 spiro atoms. The van der Waals surface area contributed by atoms with Crippen LogP contribution in [0.4, 0.5) is 17.2 Å². The van der Waals surface area contributed by atoms with Gasteiger partial charge in [0, 0.05) is 35.1 Å². The molecule has 6 rings (SSSR count). The van der Waals surface area contributed by atoms with Gasteiger partial charge in [0.15, 0.2) is 5.65 Å². The molecule has 3 aromatic heterocycles. The lowest BCUT2D eigenvalue weighted by atomic mass is 10.0. The Kier molecular flexibility index (Phi) is 7.55. The molecular weight excluding hydrogens is 532 g/mol. The van der Waals surface area contributed by atoms with Gasteiger partial charge in [-0.1, -0.05) is 23.6 Å². The first-order chi connectivity index (χ1) is 20.1. The zero-order chi connectivity index (χ0) is 28.2. The average Bonchev–Trinajstić information content (AvgIpc) is 3.47. The lowest BCUT2D eigenvalue weighted by Crippen LogP contribution is -2.05. The van der Waals surface area contributed by atoms with Crippen LogP contribution >= 0.6 is 10.5 Å². The predicted octanol–water partition coefficient (Wildman–Crippen LogP) is 6.71. The summed E-state index contributed by atoms with van der Waals surface area (Å²) in [4.78, 5) is 13.4. The molecule has 0 aliphatic heterocycles. The van der Waals surface area contributed by atoms with Crippen LogP contribution < -0.4 is 15.4 Å². The zero-order valence-corrected chi connectivity index (χ0v) is 23.9. The number of fused-ring (bicyclic) bond motifs is 2. The number of anilines is 3. The molecule has 41 heavy (non-hydrogen) atoms. The molecular formula is C31H30N8OS. The molecule has 0 aliphatic carbocycles. The molecule has 1 atom stereocenters. The summed E-state index contributed by atoms with van der Waals surface area (Å²) in [7, 11) is 0.334. The number of aryl methyl sites for hydroxylation is 1. The van der Waals surface area contributed by atoms with Gasteiger partial charge in [-0.2, -0.15) is 10.5 Å². The van der Waals surface area contributed by atoms with E-state index in [1.165, 1.54) is 0 Å². The maximum atomic E-state index is 6.03. The van der Waals surface area contributed by atoms with Gasteiger partial charge in [0.05, 0.1) is 5.52 Å². The smallest absolute Gasteiger partial charge is 0.224 e. The van der Waals surface area contributed by atoms with E-state index in [4.69, 9.17) is 4.74 Å². The lowest BCUT2D eigenvalue weighted by molar-refractivity contribution is 0.458. The Hall–Kier alpha value is -4.83. The van der Waals surface area contributed by atoms with Crippen molar-refractivity contribution in [3.8, 4) is 22.8 Å². The highest BCUT2D eigenvalue weighted by molar-refractivity contribution is 8.14. The molecule has 206 valence electrons. The largest absolute Gasteiger partial charge is 0.439 e. The molecule has 0 saturated carbocycles. The number of benzene rings is 3. The van der Waals surface area contributed by atoms with Crippen LogP contribution in [0.25, 0.3) is 27.7 Å². The molecule has 1 unspecified atom stereocenters. The van der Waals surface area contributed by atoms with Crippen LogP contribution in [-0.4, -0.2) is 53.5 Å². The highest BCUT2D eigenvalue weighted by atomic mass is 32.2. The standard InChI is InChI=1S/C31H30N8OS/c1-4-41(3)13-12-32-24-7-5-6-22(15-24)23-8-10-27-26(16-23)31(34-18-33-27)37-25-9-11-28(21(2)14-25)40-30-17-29-38-36-20-39(29)19-35-30/h4-11,14-20,32H,12-13H2,1-3H3,(H,33,34,37). The van der Waals surface area contributed by atoms with Crippen molar-refractivity contribution < 1.29 is 4.74 Å². The maximum Gasteiger partial charge on any atom is 0.224 e. The van der Waals surface area contributed by atoms with E-state index < -0.39 is 0 Å². The van der Waals surface area contributed by atoms with Gasteiger partial charge < -0.3 is 15.4 Å². The lowest BCUT2D eigenvalue weighted by Gasteiger charge is -2.13. The van der Waals surface area contributed by atoms with E-state index in [9.17, 15) is 0 Å². The van der Waals surface area contributed by atoms with E-state index in [-0.39, 0.29) is 0 Å². The topological polar surface area (TPSA) is 102 Å². The third-order valence-electron chi connectivity index (χ3n) is 6.80. The zero-order valence-electron chi connectivity index (χ0n) is 23.1.